The van der Waals surface area contributed by atoms with Gasteiger partial charge in [-0.25, -0.2) is 8.78 Å². The lowest BCUT2D eigenvalue weighted by Gasteiger charge is -2.10. The van der Waals surface area contributed by atoms with Crippen molar-refractivity contribution in [1.82, 2.24) is 0 Å². The van der Waals surface area contributed by atoms with Crippen molar-refractivity contribution in [2.75, 3.05) is 0 Å². The maximum atomic E-state index is 12.9. The van der Waals surface area contributed by atoms with Crippen LogP contribution in [0, 0.1) is 11.6 Å². The Balaban J connectivity index is 2.53. The molecule has 0 fully saturated rings. The first-order chi connectivity index (χ1) is 9.35. The predicted octanol–water partition coefficient (Wildman–Crippen LogP) is 4.96. The summed E-state index contributed by atoms with van der Waals surface area (Å²) >= 11 is 0. The highest BCUT2D eigenvalue weighted by molar-refractivity contribution is 5.80. The van der Waals surface area contributed by atoms with Crippen LogP contribution in [0.25, 0.3) is 5.57 Å². The highest BCUT2D eigenvalue weighted by atomic mass is 19.4. The van der Waals surface area contributed by atoms with Crippen molar-refractivity contribution in [2.45, 2.75) is 6.18 Å². The Morgan fingerprint density at radius 2 is 1.05 bits per heavy atom. The van der Waals surface area contributed by atoms with Crippen LogP contribution < -0.4 is 0 Å². The molecular weight excluding hydrogens is 275 g/mol. The summed E-state index contributed by atoms with van der Waals surface area (Å²) in [5.41, 5.74) is 0.267. The molecule has 0 N–H and O–H groups in total. The molecule has 0 saturated heterocycles. The first kappa shape index (κ1) is 14.2. The molecule has 0 aromatic heterocycles. The van der Waals surface area contributed by atoms with Gasteiger partial charge in [0.15, 0.2) is 0 Å². The fraction of sp³-hybridized carbons (Fsp3) is 0.0667. The molecule has 20 heavy (non-hydrogen) atoms. The number of benzene rings is 2. The Kier molecular flexibility index (Phi) is 3.88. The summed E-state index contributed by atoms with van der Waals surface area (Å²) in [6.07, 6.45) is -4.41. The number of hydrogen-bond donors (Lipinski definition) is 0. The van der Waals surface area contributed by atoms with Gasteiger partial charge in [-0.15, -0.1) is 0 Å². The third kappa shape index (κ3) is 3.66. The molecule has 0 bridgehead atoms. The van der Waals surface area contributed by atoms with Crippen LogP contribution in [0.15, 0.2) is 54.6 Å². The van der Waals surface area contributed by atoms with Crippen molar-refractivity contribution in [3.63, 3.8) is 0 Å². The largest absolute Gasteiger partial charge is 0.410 e. The molecule has 0 aliphatic heterocycles. The second-order valence-corrected chi connectivity index (χ2v) is 4.11. The molecule has 2 aromatic rings. The van der Waals surface area contributed by atoms with Crippen LogP contribution in [0.1, 0.15) is 11.1 Å². The number of alkyl halides is 3. The second kappa shape index (κ2) is 5.45. The van der Waals surface area contributed by atoms with Gasteiger partial charge in [-0.1, -0.05) is 24.3 Å². The molecule has 0 aliphatic carbocycles. The molecule has 0 amide bonds. The molecule has 0 saturated carbocycles. The topological polar surface area (TPSA) is 0 Å². The fourth-order valence-electron chi connectivity index (χ4n) is 1.76. The Morgan fingerprint density at radius 3 is 1.35 bits per heavy atom. The van der Waals surface area contributed by atoms with E-state index in [0.29, 0.717) is 0 Å². The van der Waals surface area contributed by atoms with E-state index in [1.54, 1.807) is 0 Å². The van der Waals surface area contributed by atoms with Crippen LogP contribution in [0.3, 0.4) is 0 Å². The molecule has 2 rings (SSSR count). The summed E-state index contributed by atoms with van der Waals surface area (Å²) < 4.78 is 63.5. The molecule has 5 heteroatoms. The van der Waals surface area contributed by atoms with Crippen molar-refractivity contribution >= 4 is 5.57 Å². The SMILES string of the molecule is Fc1ccc(C(=CC(F)(F)F)c2ccc(F)cc2)cc1. The lowest BCUT2D eigenvalue weighted by molar-refractivity contribution is -0.0793. The van der Waals surface area contributed by atoms with Crippen LogP contribution in [0.5, 0.6) is 0 Å². The minimum Gasteiger partial charge on any atom is -0.207 e. The molecule has 104 valence electrons. The minimum absolute atomic E-state index is 0.119. The van der Waals surface area contributed by atoms with Crippen LogP contribution in [-0.4, -0.2) is 6.18 Å². The summed E-state index contributed by atoms with van der Waals surface area (Å²) in [5.74, 6) is -1.08. The van der Waals surface area contributed by atoms with E-state index in [-0.39, 0.29) is 22.8 Å². The zero-order valence-corrected chi connectivity index (χ0v) is 10.1. The number of halogens is 5. The summed E-state index contributed by atoms with van der Waals surface area (Å²) in [5, 5.41) is 0. The van der Waals surface area contributed by atoms with Gasteiger partial charge in [0.1, 0.15) is 11.6 Å². The van der Waals surface area contributed by atoms with Crippen molar-refractivity contribution < 1.29 is 22.0 Å². The van der Waals surface area contributed by atoms with Crippen molar-refractivity contribution in [2.24, 2.45) is 0 Å². The summed E-state index contributed by atoms with van der Waals surface area (Å²) in [6, 6.07) is 9.28. The number of hydrogen-bond acceptors (Lipinski definition) is 0. The molecule has 0 atom stereocenters. The quantitative estimate of drug-likeness (QED) is 0.684. The normalized spacial score (nSPS) is 11.2. The molecule has 0 nitrogen and oxygen atoms in total. The first-order valence-electron chi connectivity index (χ1n) is 5.66. The number of allylic oxidation sites excluding steroid dienone is 1. The Bertz CT molecular complexity index is 559. The maximum absolute atomic E-state index is 12.9. The molecule has 0 spiro atoms. The van der Waals surface area contributed by atoms with E-state index in [0.717, 1.165) is 24.3 Å². The van der Waals surface area contributed by atoms with E-state index in [4.69, 9.17) is 0 Å². The summed E-state index contributed by atoms with van der Waals surface area (Å²) in [6.45, 7) is 0. The zero-order chi connectivity index (χ0) is 14.8. The van der Waals surface area contributed by atoms with Gasteiger partial charge in [0.05, 0.1) is 0 Å². The monoisotopic (exact) mass is 284 g/mol. The van der Waals surface area contributed by atoms with Crippen LogP contribution in [0.4, 0.5) is 22.0 Å². The maximum Gasteiger partial charge on any atom is 0.410 e. The molecular formula is C15H9F5. The van der Waals surface area contributed by atoms with E-state index in [1.807, 2.05) is 0 Å². The lowest BCUT2D eigenvalue weighted by Crippen LogP contribution is -2.04. The van der Waals surface area contributed by atoms with Gasteiger partial charge in [-0.2, -0.15) is 13.2 Å². The van der Waals surface area contributed by atoms with E-state index >= 15 is 0 Å². The second-order valence-electron chi connectivity index (χ2n) is 4.11. The smallest absolute Gasteiger partial charge is 0.207 e. The van der Waals surface area contributed by atoms with Crippen molar-refractivity contribution in [3.8, 4) is 0 Å². The summed E-state index contributed by atoms with van der Waals surface area (Å²) in [4.78, 5) is 0. The van der Waals surface area contributed by atoms with Crippen molar-refractivity contribution in [1.29, 1.82) is 0 Å². The Hall–Kier alpha value is -2.17. The predicted molar refractivity (Wildman–Crippen MR) is 65.9 cm³/mol. The average molecular weight is 284 g/mol. The van der Waals surface area contributed by atoms with Gasteiger partial charge >= 0.3 is 6.18 Å². The molecule has 0 heterocycles. The van der Waals surface area contributed by atoms with E-state index in [2.05, 4.69) is 0 Å². The van der Waals surface area contributed by atoms with Gasteiger partial charge in [-0.05, 0) is 41.0 Å². The van der Waals surface area contributed by atoms with E-state index < -0.39 is 17.8 Å². The van der Waals surface area contributed by atoms with Crippen molar-refractivity contribution in [3.05, 3.63) is 77.4 Å². The fourth-order valence-corrected chi connectivity index (χ4v) is 1.76. The zero-order valence-electron chi connectivity index (χ0n) is 10.1. The third-order valence-electron chi connectivity index (χ3n) is 2.62. The highest BCUT2D eigenvalue weighted by Crippen LogP contribution is 2.29. The van der Waals surface area contributed by atoms with Gasteiger partial charge < -0.3 is 0 Å². The van der Waals surface area contributed by atoms with E-state index in [1.165, 1.54) is 24.3 Å². The van der Waals surface area contributed by atoms with Gasteiger partial charge in [0, 0.05) is 6.08 Å². The standard InChI is InChI=1S/C15H9F5/c16-12-5-1-10(2-6-12)14(9-15(18,19)20)11-3-7-13(17)8-4-11/h1-9H. The number of rotatable bonds is 2. The molecule has 0 radical (unpaired) electrons. The van der Waals surface area contributed by atoms with Gasteiger partial charge in [0.2, 0.25) is 0 Å². The molecule has 0 unspecified atom stereocenters. The average Bonchev–Trinajstić information content (AvgIpc) is 2.37. The first-order valence-corrected chi connectivity index (χ1v) is 5.66. The third-order valence-corrected chi connectivity index (χ3v) is 2.62. The van der Waals surface area contributed by atoms with Crippen LogP contribution >= 0.6 is 0 Å². The Labute approximate surface area is 112 Å². The molecule has 0 aliphatic rings. The Morgan fingerprint density at radius 1 is 0.700 bits per heavy atom. The van der Waals surface area contributed by atoms with Crippen LogP contribution in [0.2, 0.25) is 0 Å². The highest BCUT2D eigenvalue weighted by Gasteiger charge is 2.25. The summed E-state index contributed by atoms with van der Waals surface area (Å²) in [7, 11) is 0. The van der Waals surface area contributed by atoms with Gasteiger partial charge in [0.25, 0.3) is 0 Å². The van der Waals surface area contributed by atoms with E-state index in [9.17, 15) is 22.0 Å². The minimum atomic E-state index is -4.53. The lowest BCUT2D eigenvalue weighted by atomic mass is 9.97. The molecule has 2 aromatic carbocycles. The van der Waals surface area contributed by atoms with Crippen LogP contribution in [-0.2, 0) is 0 Å². The van der Waals surface area contributed by atoms with Gasteiger partial charge in [-0.3, -0.25) is 0 Å².